The molecule has 1 saturated heterocycles. The average molecular weight is 387 g/mol. The Morgan fingerprint density at radius 1 is 0.704 bits per heavy atom. The SMILES string of the molecule is CC(C)(C)CNCCOCCN1CCN(CCOCCNC(C)(C)C)CC1. The zero-order valence-electron chi connectivity index (χ0n) is 18.9. The minimum absolute atomic E-state index is 0.173. The fourth-order valence-corrected chi connectivity index (χ4v) is 2.93. The fraction of sp³-hybridized carbons (Fsp3) is 1.00. The zero-order valence-corrected chi connectivity index (χ0v) is 18.9. The van der Waals surface area contributed by atoms with Crippen LogP contribution in [0, 0.1) is 5.41 Å². The molecule has 0 amide bonds. The molecule has 1 rings (SSSR count). The molecule has 0 bridgehead atoms. The summed E-state index contributed by atoms with van der Waals surface area (Å²) in [5.74, 6) is 0. The summed E-state index contributed by atoms with van der Waals surface area (Å²) in [6, 6.07) is 0. The summed E-state index contributed by atoms with van der Waals surface area (Å²) in [5, 5.41) is 6.89. The number of piperazine rings is 1. The number of hydrogen-bond acceptors (Lipinski definition) is 6. The Labute approximate surface area is 168 Å². The van der Waals surface area contributed by atoms with Crippen molar-refractivity contribution in [1.29, 1.82) is 0 Å². The highest BCUT2D eigenvalue weighted by Gasteiger charge is 2.16. The summed E-state index contributed by atoms with van der Waals surface area (Å²) < 4.78 is 11.5. The van der Waals surface area contributed by atoms with Crippen LogP contribution in [0.1, 0.15) is 41.5 Å². The second kappa shape index (κ2) is 13.1. The van der Waals surface area contributed by atoms with Crippen molar-refractivity contribution in [2.45, 2.75) is 47.1 Å². The molecule has 0 aromatic heterocycles. The van der Waals surface area contributed by atoms with Crippen molar-refractivity contribution < 1.29 is 9.47 Å². The van der Waals surface area contributed by atoms with Gasteiger partial charge < -0.3 is 20.1 Å². The number of ether oxygens (including phenoxy) is 2. The average Bonchev–Trinajstić information content (AvgIpc) is 2.56. The normalized spacial score (nSPS) is 17.6. The molecule has 0 saturated carbocycles. The Morgan fingerprint density at radius 2 is 1.19 bits per heavy atom. The van der Waals surface area contributed by atoms with Gasteiger partial charge in [0.25, 0.3) is 0 Å². The first-order chi connectivity index (χ1) is 12.7. The van der Waals surface area contributed by atoms with Gasteiger partial charge >= 0.3 is 0 Å². The highest BCUT2D eigenvalue weighted by molar-refractivity contribution is 4.72. The van der Waals surface area contributed by atoms with E-state index < -0.39 is 0 Å². The van der Waals surface area contributed by atoms with E-state index in [0.717, 1.165) is 85.3 Å². The molecule has 27 heavy (non-hydrogen) atoms. The Bertz CT molecular complexity index is 358. The van der Waals surface area contributed by atoms with Gasteiger partial charge in [-0.1, -0.05) is 20.8 Å². The van der Waals surface area contributed by atoms with E-state index in [1.54, 1.807) is 0 Å². The molecule has 1 aliphatic rings. The topological polar surface area (TPSA) is 49.0 Å². The van der Waals surface area contributed by atoms with Crippen LogP contribution in [0.25, 0.3) is 0 Å². The van der Waals surface area contributed by atoms with Crippen LogP contribution in [0.5, 0.6) is 0 Å². The predicted molar refractivity (Wildman–Crippen MR) is 115 cm³/mol. The molecule has 1 fully saturated rings. The number of rotatable bonds is 13. The Hall–Kier alpha value is -0.240. The van der Waals surface area contributed by atoms with Crippen molar-refractivity contribution in [3.05, 3.63) is 0 Å². The fourth-order valence-electron chi connectivity index (χ4n) is 2.93. The van der Waals surface area contributed by atoms with Crippen molar-refractivity contribution in [2.24, 2.45) is 5.41 Å². The maximum absolute atomic E-state index is 5.76. The van der Waals surface area contributed by atoms with E-state index >= 15 is 0 Å². The summed E-state index contributed by atoms with van der Waals surface area (Å²) in [7, 11) is 0. The van der Waals surface area contributed by atoms with Gasteiger partial charge in [-0.15, -0.1) is 0 Å². The Balaban J connectivity index is 1.90. The maximum atomic E-state index is 5.76. The number of nitrogens with zero attached hydrogens (tertiary/aromatic N) is 2. The van der Waals surface area contributed by atoms with E-state index in [4.69, 9.17) is 9.47 Å². The molecule has 2 N–H and O–H groups in total. The molecule has 6 heteroatoms. The molecule has 0 spiro atoms. The van der Waals surface area contributed by atoms with Crippen molar-refractivity contribution >= 4 is 0 Å². The van der Waals surface area contributed by atoms with E-state index in [-0.39, 0.29) is 5.54 Å². The first-order valence-corrected chi connectivity index (χ1v) is 10.7. The second-order valence-corrected chi connectivity index (χ2v) is 9.82. The van der Waals surface area contributed by atoms with Crippen molar-refractivity contribution in [3.8, 4) is 0 Å². The Kier molecular flexibility index (Phi) is 12.0. The summed E-state index contributed by atoms with van der Waals surface area (Å²) in [6.45, 7) is 26.1. The molecule has 162 valence electrons. The number of nitrogens with one attached hydrogen (secondary N) is 2. The third-order valence-electron chi connectivity index (χ3n) is 4.55. The molecule has 1 heterocycles. The predicted octanol–water partition coefficient (Wildman–Crippen LogP) is 1.66. The molecular formula is C21H46N4O2. The molecule has 0 aromatic rings. The highest BCUT2D eigenvalue weighted by Crippen LogP contribution is 2.09. The van der Waals surface area contributed by atoms with Crippen LogP contribution in [0.4, 0.5) is 0 Å². The molecule has 1 aliphatic heterocycles. The summed E-state index contributed by atoms with van der Waals surface area (Å²) in [5.41, 5.74) is 0.514. The van der Waals surface area contributed by atoms with Gasteiger partial charge in [0.1, 0.15) is 0 Å². The smallest absolute Gasteiger partial charge is 0.0594 e. The monoisotopic (exact) mass is 386 g/mol. The lowest BCUT2D eigenvalue weighted by molar-refractivity contribution is 0.0569. The minimum atomic E-state index is 0.173. The third kappa shape index (κ3) is 15.4. The van der Waals surface area contributed by atoms with E-state index in [0.29, 0.717) is 5.41 Å². The lowest BCUT2D eigenvalue weighted by Gasteiger charge is -2.34. The molecule has 0 radical (unpaired) electrons. The van der Waals surface area contributed by atoms with Gasteiger partial charge in [-0.3, -0.25) is 9.80 Å². The van der Waals surface area contributed by atoms with Gasteiger partial charge in [0.05, 0.1) is 26.4 Å². The van der Waals surface area contributed by atoms with Crippen LogP contribution in [0.3, 0.4) is 0 Å². The lowest BCUT2D eigenvalue weighted by Crippen LogP contribution is -2.48. The minimum Gasteiger partial charge on any atom is -0.379 e. The molecular weight excluding hydrogens is 340 g/mol. The van der Waals surface area contributed by atoms with Crippen molar-refractivity contribution in [1.82, 2.24) is 20.4 Å². The molecule has 0 aromatic carbocycles. The maximum Gasteiger partial charge on any atom is 0.0594 e. The summed E-state index contributed by atoms with van der Waals surface area (Å²) >= 11 is 0. The van der Waals surface area contributed by atoms with Crippen LogP contribution in [0.2, 0.25) is 0 Å². The van der Waals surface area contributed by atoms with Crippen molar-refractivity contribution in [3.63, 3.8) is 0 Å². The van der Waals surface area contributed by atoms with E-state index in [1.807, 2.05) is 0 Å². The summed E-state index contributed by atoms with van der Waals surface area (Å²) in [4.78, 5) is 5.01. The van der Waals surface area contributed by atoms with Crippen LogP contribution in [-0.4, -0.2) is 101 Å². The van der Waals surface area contributed by atoms with Gasteiger partial charge in [0.2, 0.25) is 0 Å². The second-order valence-electron chi connectivity index (χ2n) is 9.82. The first kappa shape index (κ1) is 24.8. The van der Waals surface area contributed by atoms with E-state index in [1.165, 1.54) is 0 Å². The Morgan fingerprint density at radius 3 is 1.63 bits per heavy atom. The highest BCUT2D eigenvalue weighted by atomic mass is 16.5. The van der Waals surface area contributed by atoms with Crippen LogP contribution >= 0.6 is 0 Å². The van der Waals surface area contributed by atoms with E-state index in [2.05, 4.69) is 62.0 Å². The molecule has 0 aliphatic carbocycles. The summed E-state index contributed by atoms with van der Waals surface area (Å²) in [6.07, 6.45) is 0. The van der Waals surface area contributed by atoms with Gasteiger partial charge in [0, 0.05) is 64.4 Å². The molecule has 0 unspecified atom stereocenters. The van der Waals surface area contributed by atoms with Gasteiger partial charge in [-0.05, 0) is 26.2 Å². The quantitative estimate of drug-likeness (QED) is 0.470. The van der Waals surface area contributed by atoms with Crippen LogP contribution < -0.4 is 10.6 Å². The zero-order chi connectivity index (χ0) is 20.2. The largest absolute Gasteiger partial charge is 0.379 e. The molecule has 0 atom stereocenters. The van der Waals surface area contributed by atoms with E-state index in [9.17, 15) is 0 Å². The third-order valence-corrected chi connectivity index (χ3v) is 4.55. The lowest BCUT2D eigenvalue weighted by atomic mass is 9.97. The van der Waals surface area contributed by atoms with Gasteiger partial charge in [-0.25, -0.2) is 0 Å². The van der Waals surface area contributed by atoms with Crippen molar-refractivity contribution in [2.75, 3.05) is 85.3 Å². The number of hydrogen-bond donors (Lipinski definition) is 2. The first-order valence-electron chi connectivity index (χ1n) is 10.7. The standard InChI is InChI=1S/C21H46N4O2/c1-20(2,3)19-22-7-15-26-17-13-24-9-11-25(12-10-24)14-18-27-16-8-23-21(4,5)6/h22-23H,7-19H2,1-6H3. The van der Waals surface area contributed by atoms with Gasteiger partial charge in [-0.2, -0.15) is 0 Å². The van der Waals surface area contributed by atoms with Gasteiger partial charge in [0.15, 0.2) is 0 Å². The molecule has 6 nitrogen and oxygen atoms in total. The van der Waals surface area contributed by atoms with Crippen LogP contribution in [-0.2, 0) is 9.47 Å². The van der Waals surface area contributed by atoms with Crippen LogP contribution in [0.15, 0.2) is 0 Å².